The molecular weight excluding hydrogens is 284 g/mol. The predicted octanol–water partition coefficient (Wildman–Crippen LogP) is 4.14. The molecule has 0 saturated heterocycles. The van der Waals surface area contributed by atoms with Crippen molar-refractivity contribution in [2.75, 3.05) is 5.32 Å². The Morgan fingerprint density at radius 3 is 2.33 bits per heavy atom. The van der Waals surface area contributed by atoms with Crippen molar-refractivity contribution in [1.82, 2.24) is 4.98 Å². The van der Waals surface area contributed by atoms with Crippen LogP contribution in [-0.2, 0) is 4.79 Å². The Kier molecular flexibility index (Phi) is 4.81. The van der Waals surface area contributed by atoms with Crippen LogP contribution in [0.1, 0.15) is 63.9 Å². The molecule has 1 aromatic heterocycles. The van der Waals surface area contributed by atoms with Crippen molar-refractivity contribution in [1.29, 1.82) is 0 Å². The van der Waals surface area contributed by atoms with Gasteiger partial charge >= 0.3 is 0 Å². The minimum atomic E-state index is -0.0718. The van der Waals surface area contributed by atoms with Gasteiger partial charge in [-0.2, -0.15) is 0 Å². The molecule has 1 amide bonds. The fourth-order valence-corrected chi connectivity index (χ4v) is 3.67. The minimum Gasteiger partial charge on any atom is -0.302 e. The molecule has 1 N–H and O–H groups in total. The maximum absolute atomic E-state index is 12.3. The summed E-state index contributed by atoms with van der Waals surface area (Å²) in [4.78, 5) is 27.6. The normalized spacial score (nSPS) is 22.9. The van der Waals surface area contributed by atoms with E-state index in [-0.39, 0.29) is 17.6 Å². The second-order valence-electron chi connectivity index (χ2n) is 7.00. The molecule has 1 heterocycles. The van der Waals surface area contributed by atoms with E-state index in [2.05, 4.69) is 31.1 Å². The number of aromatic nitrogens is 1. The Morgan fingerprint density at radius 2 is 1.86 bits per heavy atom. The second-order valence-corrected chi connectivity index (χ2v) is 7.86. The maximum atomic E-state index is 12.3. The van der Waals surface area contributed by atoms with Gasteiger partial charge in [0.25, 0.3) is 0 Å². The summed E-state index contributed by atoms with van der Waals surface area (Å²) in [7, 11) is 0. The number of hydrogen-bond acceptors (Lipinski definition) is 4. The third-order valence-corrected chi connectivity index (χ3v) is 5.18. The Bertz CT molecular complexity index is 523. The molecule has 0 bridgehead atoms. The van der Waals surface area contributed by atoms with Gasteiger partial charge in [0.05, 0.1) is 0 Å². The first-order chi connectivity index (χ1) is 9.77. The number of thiazole rings is 1. The van der Waals surface area contributed by atoms with Crippen LogP contribution in [0.15, 0.2) is 5.38 Å². The fourth-order valence-electron chi connectivity index (χ4n) is 2.92. The van der Waals surface area contributed by atoms with Gasteiger partial charge in [0, 0.05) is 18.2 Å². The van der Waals surface area contributed by atoms with E-state index in [1.807, 2.05) is 0 Å². The lowest BCUT2D eigenvalue weighted by molar-refractivity contribution is -0.121. The quantitative estimate of drug-likeness (QED) is 0.854. The third-order valence-electron chi connectivity index (χ3n) is 4.42. The number of Topliss-reactive ketones (excluding diaryl/α,β-unsaturated/α-hetero) is 1. The monoisotopic (exact) mass is 308 g/mol. The summed E-state index contributed by atoms with van der Waals surface area (Å²) in [6.45, 7) is 8.30. The van der Waals surface area contributed by atoms with Crippen molar-refractivity contribution in [2.24, 2.45) is 17.3 Å². The molecule has 1 aliphatic carbocycles. The standard InChI is InChI=1S/C16H24N2O2S/c1-10(19)13-9-21-15(17-13)18-14(20)11-5-7-12(8-6-11)16(2,3)4/h9,11-12H,5-8H2,1-4H3,(H,17,18,20). The van der Waals surface area contributed by atoms with E-state index in [1.54, 1.807) is 5.38 Å². The summed E-state index contributed by atoms with van der Waals surface area (Å²) in [5, 5.41) is 5.08. The summed E-state index contributed by atoms with van der Waals surface area (Å²) in [5.41, 5.74) is 0.749. The van der Waals surface area contributed by atoms with Gasteiger partial charge < -0.3 is 5.32 Å². The molecule has 0 aliphatic heterocycles. The molecule has 2 rings (SSSR count). The lowest BCUT2D eigenvalue weighted by Crippen LogP contribution is -2.31. The zero-order valence-electron chi connectivity index (χ0n) is 13.2. The first kappa shape index (κ1) is 16.1. The second kappa shape index (κ2) is 6.26. The van der Waals surface area contributed by atoms with E-state index in [0.29, 0.717) is 22.2 Å². The molecule has 1 aliphatic rings. The average molecular weight is 308 g/mol. The Balaban J connectivity index is 1.88. The van der Waals surface area contributed by atoms with Gasteiger partial charge in [0.15, 0.2) is 10.9 Å². The number of carbonyl (C=O) groups is 2. The van der Waals surface area contributed by atoms with Gasteiger partial charge in [-0.1, -0.05) is 20.8 Å². The number of carbonyl (C=O) groups excluding carboxylic acids is 2. The molecule has 1 saturated carbocycles. The maximum Gasteiger partial charge on any atom is 0.229 e. The molecule has 1 aromatic rings. The van der Waals surface area contributed by atoms with Crippen LogP contribution in [0.2, 0.25) is 0 Å². The molecule has 1 fully saturated rings. The molecular formula is C16H24N2O2S. The first-order valence-electron chi connectivity index (χ1n) is 7.54. The van der Waals surface area contributed by atoms with E-state index >= 15 is 0 Å². The molecule has 21 heavy (non-hydrogen) atoms. The van der Waals surface area contributed by atoms with Crippen LogP contribution in [0.25, 0.3) is 0 Å². The smallest absolute Gasteiger partial charge is 0.229 e. The first-order valence-corrected chi connectivity index (χ1v) is 8.42. The van der Waals surface area contributed by atoms with Gasteiger partial charge in [0.2, 0.25) is 5.91 Å². The average Bonchev–Trinajstić information content (AvgIpc) is 2.86. The Hall–Kier alpha value is -1.23. The summed E-state index contributed by atoms with van der Waals surface area (Å²) < 4.78 is 0. The van der Waals surface area contributed by atoms with Crippen molar-refractivity contribution in [2.45, 2.75) is 53.4 Å². The zero-order chi connectivity index (χ0) is 15.6. The highest BCUT2D eigenvalue weighted by atomic mass is 32.1. The van der Waals surface area contributed by atoms with Crippen molar-refractivity contribution in [3.8, 4) is 0 Å². The number of amides is 1. The van der Waals surface area contributed by atoms with Crippen LogP contribution in [0, 0.1) is 17.3 Å². The van der Waals surface area contributed by atoms with Crippen LogP contribution in [0.5, 0.6) is 0 Å². The number of nitrogens with one attached hydrogen (secondary N) is 1. The molecule has 0 atom stereocenters. The summed E-state index contributed by atoms with van der Waals surface area (Å²) >= 11 is 1.31. The van der Waals surface area contributed by atoms with Gasteiger partial charge in [-0.05, 0) is 37.0 Å². The lowest BCUT2D eigenvalue weighted by atomic mass is 9.70. The van der Waals surface area contributed by atoms with Gasteiger partial charge in [0.1, 0.15) is 5.69 Å². The fraction of sp³-hybridized carbons (Fsp3) is 0.688. The van der Waals surface area contributed by atoms with E-state index in [9.17, 15) is 9.59 Å². The molecule has 0 spiro atoms. The summed E-state index contributed by atoms with van der Waals surface area (Å²) in [6.07, 6.45) is 4.10. The number of nitrogens with zero attached hydrogens (tertiary/aromatic N) is 1. The third kappa shape index (κ3) is 4.13. The number of hydrogen-bond donors (Lipinski definition) is 1. The molecule has 116 valence electrons. The molecule has 4 nitrogen and oxygen atoms in total. The summed E-state index contributed by atoms with van der Waals surface area (Å²) in [5.74, 6) is 0.753. The molecule has 0 unspecified atom stereocenters. The van der Waals surface area contributed by atoms with Gasteiger partial charge in [-0.25, -0.2) is 4.98 Å². The van der Waals surface area contributed by atoms with Gasteiger partial charge in [-0.3, -0.25) is 9.59 Å². The van der Waals surface area contributed by atoms with Crippen LogP contribution >= 0.6 is 11.3 Å². The van der Waals surface area contributed by atoms with Crippen molar-refractivity contribution in [3.63, 3.8) is 0 Å². The van der Waals surface area contributed by atoms with Crippen molar-refractivity contribution < 1.29 is 9.59 Å². The highest BCUT2D eigenvalue weighted by molar-refractivity contribution is 7.14. The van der Waals surface area contributed by atoms with Crippen LogP contribution in [-0.4, -0.2) is 16.7 Å². The number of anilines is 1. The molecule has 5 heteroatoms. The topological polar surface area (TPSA) is 59.1 Å². The van der Waals surface area contributed by atoms with Crippen molar-refractivity contribution >= 4 is 28.2 Å². The number of ketones is 1. The Labute approximate surface area is 130 Å². The highest BCUT2D eigenvalue weighted by Gasteiger charge is 2.32. The van der Waals surface area contributed by atoms with E-state index in [1.165, 1.54) is 18.3 Å². The van der Waals surface area contributed by atoms with Crippen molar-refractivity contribution in [3.05, 3.63) is 11.1 Å². The van der Waals surface area contributed by atoms with Crippen LogP contribution < -0.4 is 5.32 Å². The Morgan fingerprint density at radius 1 is 1.24 bits per heavy atom. The van der Waals surface area contributed by atoms with Crippen LogP contribution in [0.4, 0.5) is 5.13 Å². The van der Waals surface area contributed by atoms with Crippen LogP contribution in [0.3, 0.4) is 0 Å². The number of rotatable bonds is 3. The summed E-state index contributed by atoms with van der Waals surface area (Å²) in [6, 6.07) is 0. The molecule has 0 aromatic carbocycles. The predicted molar refractivity (Wildman–Crippen MR) is 85.7 cm³/mol. The highest BCUT2D eigenvalue weighted by Crippen LogP contribution is 2.40. The zero-order valence-corrected chi connectivity index (χ0v) is 14.0. The minimum absolute atomic E-state index is 0.0480. The van der Waals surface area contributed by atoms with E-state index in [0.717, 1.165) is 25.7 Å². The van der Waals surface area contributed by atoms with E-state index < -0.39 is 0 Å². The lowest BCUT2D eigenvalue weighted by Gasteiger charge is -2.36. The molecule has 0 radical (unpaired) electrons. The van der Waals surface area contributed by atoms with E-state index in [4.69, 9.17) is 0 Å². The SMILES string of the molecule is CC(=O)c1csc(NC(=O)C2CCC(C(C)(C)C)CC2)n1. The largest absolute Gasteiger partial charge is 0.302 e. The van der Waals surface area contributed by atoms with Gasteiger partial charge in [-0.15, -0.1) is 11.3 Å².